The lowest BCUT2D eigenvalue weighted by atomic mass is 9.97. The molecule has 0 atom stereocenters. The predicted octanol–water partition coefficient (Wildman–Crippen LogP) is 4.07. The summed E-state index contributed by atoms with van der Waals surface area (Å²) in [4.78, 5) is 18.5. The summed E-state index contributed by atoms with van der Waals surface area (Å²) in [5, 5.41) is 6.88. The lowest BCUT2D eigenvalue weighted by Gasteiger charge is -2.30. The van der Waals surface area contributed by atoms with Crippen LogP contribution in [0.5, 0.6) is 0 Å². The highest BCUT2D eigenvalue weighted by molar-refractivity contribution is 7.89. The highest BCUT2D eigenvalue weighted by atomic mass is 32.2. The molecule has 1 aromatic carbocycles. The minimum Gasteiger partial charge on any atom is -0.339 e. The first kappa shape index (κ1) is 22.6. The van der Waals surface area contributed by atoms with Gasteiger partial charge in [-0.1, -0.05) is 22.9 Å². The lowest BCUT2D eigenvalue weighted by molar-refractivity contribution is -0.120. The summed E-state index contributed by atoms with van der Waals surface area (Å²) >= 11 is 1.33. The molecule has 1 N–H and O–H groups in total. The average Bonchev–Trinajstić information content (AvgIpc) is 3.36. The number of piperidine rings is 1. The van der Waals surface area contributed by atoms with Crippen LogP contribution in [-0.2, 0) is 14.8 Å². The molecule has 0 radical (unpaired) electrons. The van der Waals surface area contributed by atoms with Crippen LogP contribution in [0.15, 0.2) is 33.7 Å². The Kier molecular flexibility index (Phi) is 6.19. The molecule has 2 aromatic heterocycles. The van der Waals surface area contributed by atoms with E-state index in [-0.39, 0.29) is 16.7 Å². The van der Waals surface area contributed by atoms with Crippen LogP contribution in [-0.4, -0.2) is 41.9 Å². The summed E-state index contributed by atoms with van der Waals surface area (Å²) < 4.78 is 33.0. The smallest absolute Gasteiger partial charge is 0.244 e. The third-order valence-electron chi connectivity index (χ3n) is 5.70. The standard InChI is InChI=1S/C22H26N4O4S2/c1-13-5-6-18(14(2)11-13)24-22(27)17-7-9-26(10-8-17)32(28,29)20-12-19(31-15(20)3)21-23-16(4)30-25-21/h5-6,11-12,17H,7-10H2,1-4H3,(H,24,27). The number of sulfonamides is 1. The average molecular weight is 475 g/mol. The molecule has 1 aliphatic rings. The number of anilines is 1. The Bertz CT molecular complexity index is 1250. The number of aromatic nitrogens is 2. The fourth-order valence-corrected chi connectivity index (χ4v) is 6.87. The molecule has 32 heavy (non-hydrogen) atoms. The van der Waals surface area contributed by atoms with Gasteiger partial charge in [-0.25, -0.2) is 8.42 Å². The molecule has 0 unspecified atom stereocenters. The van der Waals surface area contributed by atoms with E-state index in [9.17, 15) is 13.2 Å². The third kappa shape index (κ3) is 4.48. The fraction of sp³-hybridized carbons (Fsp3) is 0.409. The molecule has 10 heteroatoms. The first-order valence-electron chi connectivity index (χ1n) is 10.4. The van der Waals surface area contributed by atoms with E-state index >= 15 is 0 Å². The minimum absolute atomic E-state index is 0.0597. The van der Waals surface area contributed by atoms with Gasteiger partial charge in [-0.15, -0.1) is 11.3 Å². The predicted molar refractivity (Wildman–Crippen MR) is 123 cm³/mol. The van der Waals surface area contributed by atoms with Crippen LogP contribution < -0.4 is 5.32 Å². The van der Waals surface area contributed by atoms with E-state index in [1.54, 1.807) is 19.9 Å². The molecular weight excluding hydrogens is 448 g/mol. The van der Waals surface area contributed by atoms with E-state index in [4.69, 9.17) is 4.52 Å². The molecule has 0 saturated carbocycles. The van der Waals surface area contributed by atoms with Crippen LogP contribution in [0.2, 0.25) is 0 Å². The van der Waals surface area contributed by atoms with Crippen molar-refractivity contribution in [2.75, 3.05) is 18.4 Å². The number of aryl methyl sites for hydroxylation is 4. The Hall–Kier alpha value is -2.56. The van der Waals surface area contributed by atoms with Gasteiger partial charge in [0.25, 0.3) is 0 Å². The van der Waals surface area contributed by atoms with Crippen LogP contribution in [0.4, 0.5) is 5.69 Å². The Labute approximate surface area is 191 Å². The van der Waals surface area contributed by atoms with E-state index in [0.717, 1.165) is 16.8 Å². The number of hydrogen-bond donors (Lipinski definition) is 1. The van der Waals surface area contributed by atoms with Gasteiger partial charge >= 0.3 is 0 Å². The number of nitrogens with one attached hydrogen (secondary N) is 1. The second kappa shape index (κ2) is 8.76. The molecule has 8 nitrogen and oxygen atoms in total. The van der Waals surface area contributed by atoms with E-state index in [1.807, 2.05) is 32.0 Å². The topological polar surface area (TPSA) is 105 Å². The number of amides is 1. The van der Waals surface area contributed by atoms with Crippen LogP contribution in [0.25, 0.3) is 10.7 Å². The molecule has 1 amide bonds. The van der Waals surface area contributed by atoms with E-state index in [1.165, 1.54) is 15.6 Å². The molecule has 1 fully saturated rings. The van der Waals surface area contributed by atoms with Gasteiger partial charge in [0.1, 0.15) is 0 Å². The molecular formula is C22H26N4O4S2. The monoisotopic (exact) mass is 474 g/mol. The van der Waals surface area contributed by atoms with Gasteiger partial charge in [0, 0.05) is 36.5 Å². The zero-order valence-electron chi connectivity index (χ0n) is 18.5. The summed E-state index contributed by atoms with van der Waals surface area (Å²) in [7, 11) is -3.67. The van der Waals surface area contributed by atoms with Gasteiger partial charge < -0.3 is 9.84 Å². The van der Waals surface area contributed by atoms with Crippen LogP contribution in [0.3, 0.4) is 0 Å². The van der Waals surface area contributed by atoms with Crippen molar-refractivity contribution < 1.29 is 17.7 Å². The van der Waals surface area contributed by atoms with Crippen molar-refractivity contribution >= 4 is 33.0 Å². The largest absolute Gasteiger partial charge is 0.339 e. The zero-order chi connectivity index (χ0) is 23.0. The Morgan fingerprint density at radius 2 is 1.88 bits per heavy atom. The maximum atomic E-state index is 13.3. The Morgan fingerprint density at radius 1 is 1.16 bits per heavy atom. The Morgan fingerprint density at radius 3 is 2.50 bits per heavy atom. The summed E-state index contributed by atoms with van der Waals surface area (Å²) in [5.41, 5.74) is 2.95. The van der Waals surface area contributed by atoms with Gasteiger partial charge in [0.05, 0.1) is 9.77 Å². The van der Waals surface area contributed by atoms with Crippen molar-refractivity contribution in [1.82, 2.24) is 14.4 Å². The van der Waals surface area contributed by atoms with Crippen molar-refractivity contribution in [3.8, 4) is 10.7 Å². The van der Waals surface area contributed by atoms with E-state index < -0.39 is 10.0 Å². The molecule has 1 aliphatic heterocycles. The molecule has 0 spiro atoms. The van der Waals surface area contributed by atoms with Gasteiger partial charge in [-0.05, 0) is 51.3 Å². The normalized spacial score (nSPS) is 15.8. The SMILES string of the molecule is Cc1ccc(NC(=O)C2CCN(S(=O)(=O)c3cc(-c4noc(C)n4)sc3C)CC2)c(C)c1. The summed E-state index contributed by atoms with van der Waals surface area (Å²) in [5.74, 6) is 0.537. The van der Waals surface area contributed by atoms with Crippen molar-refractivity contribution in [3.63, 3.8) is 0 Å². The molecule has 0 aliphatic carbocycles. The minimum atomic E-state index is -3.67. The number of nitrogens with zero attached hydrogens (tertiary/aromatic N) is 3. The number of thiophene rings is 1. The lowest BCUT2D eigenvalue weighted by Crippen LogP contribution is -2.41. The van der Waals surface area contributed by atoms with Crippen LogP contribution in [0.1, 0.15) is 34.7 Å². The Balaban J connectivity index is 1.43. The summed E-state index contributed by atoms with van der Waals surface area (Å²) in [6.45, 7) is 8.05. The highest BCUT2D eigenvalue weighted by Crippen LogP contribution is 2.35. The van der Waals surface area contributed by atoms with Crippen molar-refractivity contribution in [2.45, 2.75) is 45.4 Å². The second-order valence-corrected chi connectivity index (χ2v) is 11.3. The van der Waals surface area contributed by atoms with Crippen molar-refractivity contribution in [2.24, 2.45) is 5.92 Å². The van der Waals surface area contributed by atoms with Gasteiger partial charge in [0.2, 0.25) is 27.6 Å². The number of hydrogen-bond acceptors (Lipinski definition) is 7. The van der Waals surface area contributed by atoms with Crippen LogP contribution >= 0.6 is 11.3 Å². The zero-order valence-corrected chi connectivity index (χ0v) is 20.1. The highest BCUT2D eigenvalue weighted by Gasteiger charge is 2.34. The van der Waals surface area contributed by atoms with Gasteiger partial charge in [0.15, 0.2) is 0 Å². The molecule has 1 saturated heterocycles. The van der Waals surface area contributed by atoms with Gasteiger partial charge in [-0.2, -0.15) is 9.29 Å². The van der Waals surface area contributed by atoms with E-state index in [0.29, 0.717) is 47.4 Å². The number of carbonyl (C=O) groups excluding carboxylic acids is 1. The van der Waals surface area contributed by atoms with Crippen molar-refractivity contribution in [3.05, 3.63) is 46.2 Å². The second-order valence-electron chi connectivity index (χ2n) is 8.15. The van der Waals surface area contributed by atoms with Gasteiger partial charge in [-0.3, -0.25) is 4.79 Å². The van der Waals surface area contributed by atoms with Crippen LogP contribution in [0, 0.1) is 33.6 Å². The molecule has 3 aromatic rings. The summed E-state index contributed by atoms with van der Waals surface area (Å²) in [6.07, 6.45) is 0.964. The quantitative estimate of drug-likeness (QED) is 0.598. The summed E-state index contributed by atoms with van der Waals surface area (Å²) in [6, 6.07) is 7.51. The first-order chi connectivity index (χ1) is 15.1. The number of carbonyl (C=O) groups is 1. The molecule has 4 rings (SSSR count). The number of rotatable bonds is 5. The maximum absolute atomic E-state index is 13.3. The first-order valence-corrected chi connectivity index (χ1v) is 12.7. The third-order valence-corrected chi connectivity index (χ3v) is 8.90. The van der Waals surface area contributed by atoms with Crippen molar-refractivity contribution in [1.29, 1.82) is 0 Å². The number of benzene rings is 1. The fourth-order valence-electron chi connectivity index (χ4n) is 3.92. The molecule has 3 heterocycles. The maximum Gasteiger partial charge on any atom is 0.244 e. The molecule has 170 valence electrons. The molecule has 0 bridgehead atoms. The van der Waals surface area contributed by atoms with E-state index in [2.05, 4.69) is 15.5 Å².